The van der Waals surface area contributed by atoms with Gasteiger partial charge in [0.25, 0.3) is 0 Å². The SMILES string of the molecule is Cc1ccccc1CC(=O)Nc1n[nH]c2c1CN(S(C)(=O)=O)C2. The molecule has 2 aromatic rings. The fourth-order valence-electron chi connectivity index (χ4n) is 2.61. The molecule has 8 heteroatoms. The van der Waals surface area contributed by atoms with E-state index in [-0.39, 0.29) is 25.4 Å². The van der Waals surface area contributed by atoms with Gasteiger partial charge in [-0.05, 0) is 18.1 Å². The number of aromatic amines is 1. The smallest absolute Gasteiger partial charge is 0.230 e. The van der Waals surface area contributed by atoms with E-state index in [9.17, 15) is 13.2 Å². The van der Waals surface area contributed by atoms with Crippen LogP contribution in [-0.4, -0.2) is 35.1 Å². The van der Waals surface area contributed by atoms with Crippen molar-refractivity contribution < 1.29 is 13.2 Å². The van der Waals surface area contributed by atoms with E-state index in [1.165, 1.54) is 10.6 Å². The highest BCUT2D eigenvalue weighted by atomic mass is 32.2. The summed E-state index contributed by atoms with van der Waals surface area (Å²) in [5.74, 6) is 0.233. The van der Waals surface area contributed by atoms with Crippen LogP contribution in [0.15, 0.2) is 24.3 Å². The number of hydrogen-bond donors (Lipinski definition) is 2. The Balaban J connectivity index is 1.71. The summed E-state index contributed by atoms with van der Waals surface area (Å²) in [4.78, 5) is 12.2. The Morgan fingerprint density at radius 3 is 2.78 bits per heavy atom. The van der Waals surface area contributed by atoms with E-state index in [4.69, 9.17) is 0 Å². The number of benzene rings is 1. The van der Waals surface area contributed by atoms with Crippen molar-refractivity contribution in [2.24, 2.45) is 0 Å². The van der Waals surface area contributed by atoms with Gasteiger partial charge in [0.05, 0.1) is 24.9 Å². The average Bonchev–Trinajstić information content (AvgIpc) is 3.03. The summed E-state index contributed by atoms with van der Waals surface area (Å²) in [6, 6.07) is 7.69. The number of carbonyl (C=O) groups excluding carboxylic acids is 1. The predicted molar refractivity (Wildman–Crippen MR) is 86.2 cm³/mol. The van der Waals surface area contributed by atoms with Gasteiger partial charge in [0.1, 0.15) is 0 Å². The number of anilines is 1. The van der Waals surface area contributed by atoms with E-state index in [0.29, 0.717) is 5.82 Å². The Morgan fingerprint density at radius 1 is 1.35 bits per heavy atom. The van der Waals surface area contributed by atoms with E-state index < -0.39 is 10.0 Å². The van der Waals surface area contributed by atoms with Gasteiger partial charge in [-0.15, -0.1) is 0 Å². The highest BCUT2D eigenvalue weighted by Gasteiger charge is 2.30. The normalized spacial score (nSPS) is 14.7. The largest absolute Gasteiger partial charge is 0.309 e. The first-order chi connectivity index (χ1) is 10.8. The summed E-state index contributed by atoms with van der Waals surface area (Å²) in [6.45, 7) is 2.44. The Hall–Kier alpha value is -2.19. The van der Waals surface area contributed by atoms with Crippen LogP contribution in [0.5, 0.6) is 0 Å². The van der Waals surface area contributed by atoms with Crippen LogP contribution in [0, 0.1) is 6.92 Å². The Morgan fingerprint density at radius 2 is 2.09 bits per heavy atom. The fraction of sp³-hybridized carbons (Fsp3) is 0.333. The third-order valence-corrected chi connectivity index (χ3v) is 5.16. The maximum absolute atomic E-state index is 12.2. The number of aromatic nitrogens is 2. The van der Waals surface area contributed by atoms with E-state index in [2.05, 4.69) is 15.5 Å². The van der Waals surface area contributed by atoms with Crippen molar-refractivity contribution in [1.29, 1.82) is 0 Å². The number of aryl methyl sites for hydroxylation is 1. The number of H-pyrrole nitrogens is 1. The lowest BCUT2D eigenvalue weighted by atomic mass is 10.1. The molecule has 2 heterocycles. The van der Waals surface area contributed by atoms with Crippen molar-refractivity contribution in [2.75, 3.05) is 11.6 Å². The third-order valence-electron chi connectivity index (χ3n) is 3.96. The van der Waals surface area contributed by atoms with Crippen LogP contribution in [0.3, 0.4) is 0 Å². The molecule has 122 valence electrons. The van der Waals surface area contributed by atoms with Crippen LogP contribution in [0.25, 0.3) is 0 Å². The van der Waals surface area contributed by atoms with E-state index in [0.717, 1.165) is 22.4 Å². The Bertz CT molecular complexity index is 857. The molecule has 0 radical (unpaired) electrons. The molecular formula is C15H18N4O3S. The number of sulfonamides is 1. The minimum absolute atomic E-state index is 0.175. The first-order valence-corrected chi connectivity index (χ1v) is 9.05. The van der Waals surface area contributed by atoms with Gasteiger partial charge in [0.2, 0.25) is 15.9 Å². The summed E-state index contributed by atoms with van der Waals surface area (Å²) in [6.07, 6.45) is 1.42. The summed E-state index contributed by atoms with van der Waals surface area (Å²) in [5, 5.41) is 9.65. The van der Waals surface area contributed by atoms with Gasteiger partial charge in [-0.1, -0.05) is 24.3 Å². The van der Waals surface area contributed by atoms with Crippen molar-refractivity contribution in [3.05, 3.63) is 46.6 Å². The minimum Gasteiger partial charge on any atom is -0.309 e. The van der Waals surface area contributed by atoms with Crippen molar-refractivity contribution in [2.45, 2.75) is 26.4 Å². The lowest BCUT2D eigenvalue weighted by Crippen LogP contribution is -2.24. The maximum atomic E-state index is 12.2. The number of hydrogen-bond acceptors (Lipinski definition) is 4. The monoisotopic (exact) mass is 334 g/mol. The van der Waals surface area contributed by atoms with Crippen LogP contribution in [0.1, 0.15) is 22.4 Å². The molecule has 0 spiro atoms. The van der Waals surface area contributed by atoms with Crippen LogP contribution in [-0.2, 0) is 34.3 Å². The molecule has 0 fully saturated rings. The zero-order chi connectivity index (χ0) is 16.6. The Kier molecular flexibility index (Phi) is 3.95. The van der Waals surface area contributed by atoms with Gasteiger partial charge in [0.15, 0.2) is 5.82 Å². The molecule has 3 rings (SSSR count). The molecule has 1 aliphatic rings. The van der Waals surface area contributed by atoms with E-state index in [1.54, 1.807) is 0 Å². The zero-order valence-corrected chi connectivity index (χ0v) is 13.8. The molecule has 7 nitrogen and oxygen atoms in total. The van der Waals surface area contributed by atoms with Crippen molar-refractivity contribution in [1.82, 2.24) is 14.5 Å². The zero-order valence-electron chi connectivity index (χ0n) is 13.0. The molecule has 2 N–H and O–H groups in total. The molecular weight excluding hydrogens is 316 g/mol. The molecule has 0 saturated heterocycles. The van der Waals surface area contributed by atoms with Crippen LogP contribution >= 0.6 is 0 Å². The van der Waals surface area contributed by atoms with Crippen LogP contribution in [0.4, 0.5) is 5.82 Å². The molecule has 1 aromatic heterocycles. The molecule has 23 heavy (non-hydrogen) atoms. The summed E-state index contributed by atoms with van der Waals surface area (Å²) >= 11 is 0. The quantitative estimate of drug-likeness (QED) is 0.877. The predicted octanol–water partition coefficient (Wildman–Crippen LogP) is 1.17. The molecule has 0 saturated carbocycles. The second kappa shape index (κ2) is 5.78. The number of nitrogens with zero attached hydrogens (tertiary/aromatic N) is 2. The molecule has 1 aliphatic heterocycles. The molecule has 1 aromatic carbocycles. The maximum Gasteiger partial charge on any atom is 0.230 e. The lowest BCUT2D eigenvalue weighted by Gasteiger charge is -2.12. The number of amides is 1. The Labute approximate surface area is 134 Å². The molecule has 0 aliphatic carbocycles. The van der Waals surface area contributed by atoms with E-state index in [1.807, 2.05) is 31.2 Å². The van der Waals surface area contributed by atoms with Crippen molar-refractivity contribution >= 4 is 21.7 Å². The molecule has 0 unspecified atom stereocenters. The molecule has 0 bridgehead atoms. The highest BCUT2D eigenvalue weighted by Crippen LogP contribution is 2.28. The first kappa shape index (κ1) is 15.7. The number of fused-ring (bicyclic) bond motifs is 1. The van der Waals surface area contributed by atoms with Gasteiger partial charge in [-0.3, -0.25) is 9.89 Å². The summed E-state index contributed by atoms with van der Waals surface area (Å²) in [5.41, 5.74) is 3.46. The van der Waals surface area contributed by atoms with E-state index >= 15 is 0 Å². The van der Waals surface area contributed by atoms with Crippen LogP contribution < -0.4 is 5.32 Å². The van der Waals surface area contributed by atoms with Crippen LogP contribution in [0.2, 0.25) is 0 Å². The summed E-state index contributed by atoms with van der Waals surface area (Å²) in [7, 11) is -3.27. The standard InChI is InChI=1S/C15H18N4O3S/c1-10-5-3-4-6-11(10)7-14(20)16-15-12-8-19(23(2,21)22)9-13(12)17-18-15/h3-6H,7-9H2,1-2H3,(H2,16,17,18,20). The summed E-state index contributed by atoms with van der Waals surface area (Å²) < 4.78 is 24.6. The van der Waals surface area contributed by atoms with Gasteiger partial charge < -0.3 is 5.32 Å². The molecule has 0 atom stereocenters. The van der Waals surface area contributed by atoms with Gasteiger partial charge in [0, 0.05) is 12.1 Å². The topological polar surface area (TPSA) is 95.2 Å². The second-order valence-corrected chi connectivity index (χ2v) is 7.69. The van der Waals surface area contributed by atoms with Gasteiger partial charge >= 0.3 is 0 Å². The van der Waals surface area contributed by atoms with Crippen molar-refractivity contribution in [3.63, 3.8) is 0 Å². The van der Waals surface area contributed by atoms with Crippen molar-refractivity contribution in [3.8, 4) is 0 Å². The fourth-order valence-corrected chi connectivity index (χ4v) is 3.33. The first-order valence-electron chi connectivity index (χ1n) is 7.20. The second-order valence-electron chi connectivity index (χ2n) is 5.71. The lowest BCUT2D eigenvalue weighted by molar-refractivity contribution is -0.115. The third kappa shape index (κ3) is 3.27. The van der Waals surface area contributed by atoms with Gasteiger partial charge in [-0.25, -0.2) is 8.42 Å². The highest BCUT2D eigenvalue weighted by molar-refractivity contribution is 7.88. The number of carbonyl (C=O) groups is 1. The number of rotatable bonds is 4. The number of nitrogens with one attached hydrogen (secondary N) is 2. The minimum atomic E-state index is -3.27. The van der Waals surface area contributed by atoms with Gasteiger partial charge in [-0.2, -0.15) is 9.40 Å². The molecule has 1 amide bonds. The average molecular weight is 334 g/mol.